The highest BCUT2D eigenvalue weighted by Crippen LogP contribution is 2.15. The number of amides is 2. The predicted octanol–water partition coefficient (Wildman–Crippen LogP) is -0.387. The first-order chi connectivity index (χ1) is 6.00. The maximum Gasteiger partial charge on any atom is 0.320 e. The summed E-state index contributed by atoms with van der Waals surface area (Å²) in [6.45, 7) is 4.80. The average Bonchev–Trinajstić information content (AvgIpc) is 2.04. The molecule has 0 radical (unpaired) electrons. The van der Waals surface area contributed by atoms with Gasteiger partial charge in [-0.15, -0.1) is 0 Å². The number of nitrogens with one attached hydrogen (secondary N) is 2. The third kappa shape index (κ3) is 1.46. The maximum atomic E-state index is 11.2. The molecule has 1 aliphatic rings. The highest BCUT2D eigenvalue weighted by molar-refractivity contribution is 5.95. The van der Waals surface area contributed by atoms with E-state index < -0.39 is 11.7 Å². The lowest BCUT2D eigenvalue weighted by atomic mass is 9.96. The van der Waals surface area contributed by atoms with E-state index in [9.17, 15) is 9.59 Å². The Bertz CT molecular complexity index is 309. The summed E-state index contributed by atoms with van der Waals surface area (Å²) >= 11 is 0. The van der Waals surface area contributed by atoms with Gasteiger partial charge in [0.15, 0.2) is 11.4 Å². The quantitative estimate of drug-likeness (QED) is 0.542. The molecule has 0 aromatic rings. The number of nitrogens with two attached hydrogens (primary N) is 1. The minimum absolute atomic E-state index is 0.339. The summed E-state index contributed by atoms with van der Waals surface area (Å²) in [5.74, 6) is -0.339. The van der Waals surface area contributed by atoms with Gasteiger partial charge in [0.2, 0.25) is 0 Å². The molecule has 1 rings (SSSR count). The van der Waals surface area contributed by atoms with Crippen molar-refractivity contribution in [3.8, 4) is 0 Å². The SMILES string of the molecule is C=CC1=CNC(=O)NC1(N)C(C)=O. The molecule has 0 aromatic heterocycles. The molecule has 1 atom stereocenters. The summed E-state index contributed by atoms with van der Waals surface area (Å²) in [4.78, 5) is 22.1. The molecule has 0 aliphatic carbocycles. The van der Waals surface area contributed by atoms with E-state index in [0.29, 0.717) is 5.57 Å². The van der Waals surface area contributed by atoms with E-state index in [1.165, 1.54) is 19.2 Å². The van der Waals surface area contributed by atoms with Crippen LogP contribution in [0.1, 0.15) is 6.92 Å². The molecule has 1 unspecified atom stereocenters. The van der Waals surface area contributed by atoms with E-state index in [2.05, 4.69) is 17.2 Å². The molecule has 5 heteroatoms. The van der Waals surface area contributed by atoms with Crippen molar-refractivity contribution < 1.29 is 9.59 Å². The Morgan fingerprint density at radius 1 is 1.77 bits per heavy atom. The van der Waals surface area contributed by atoms with Gasteiger partial charge < -0.3 is 10.6 Å². The van der Waals surface area contributed by atoms with Crippen LogP contribution in [0.2, 0.25) is 0 Å². The summed E-state index contributed by atoms with van der Waals surface area (Å²) in [7, 11) is 0. The molecule has 0 bridgehead atoms. The number of rotatable bonds is 2. The standard InChI is InChI=1S/C8H11N3O2/c1-3-6-4-10-7(13)11-8(6,9)5(2)12/h3-4H,1,9H2,2H3,(H2,10,11,13). The molecule has 0 fully saturated rings. The summed E-state index contributed by atoms with van der Waals surface area (Å²) in [6, 6.07) is -0.497. The molecule has 5 nitrogen and oxygen atoms in total. The monoisotopic (exact) mass is 181 g/mol. The number of Topliss-reactive ketones (excluding diaryl/α,β-unsaturated/α-hetero) is 1. The Morgan fingerprint density at radius 3 is 2.85 bits per heavy atom. The van der Waals surface area contributed by atoms with Crippen molar-refractivity contribution in [2.75, 3.05) is 0 Å². The lowest BCUT2D eigenvalue weighted by Crippen LogP contribution is -2.65. The summed E-state index contributed by atoms with van der Waals surface area (Å²) in [6.07, 6.45) is 2.79. The Labute approximate surface area is 75.7 Å². The Hall–Kier alpha value is -1.62. The van der Waals surface area contributed by atoms with E-state index in [1.807, 2.05) is 0 Å². The molecule has 0 spiro atoms. The van der Waals surface area contributed by atoms with Crippen LogP contribution in [-0.4, -0.2) is 17.5 Å². The largest absolute Gasteiger partial charge is 0.320 e. The minimum atomic E-state index is -1.44. The third-order valence-electron chi connectivity index (χ3n) is 1.90. The van der Waals surface area contributed by atoms with Crippen LogP contribution in [-0.2, 0) is 4.79 Å². The maximum absolute atomic E-state index is 11.2. The van der Waals surface area contributed by atoms with Gasteiger partial charge in [-0.05, 0) is 6.92 Å². The summed E-state index contributed by atoms with van der Waals surface area (Å²) < 4.78 is 0. The molecule has 70 valence electrons. The van der Waals surface area contributed by atoms with Crippen molar-refractivity contribution in [1.82, 2.24) is 10.6 Å². The number of carbonyl (C=O) groups excluding carboxylic acids is 2. The van der Waals surface area contributed by atoms with Crippen LogP contribution in [0.3, 0.4) is 0 Å². The fraction of sp³-hybridized carbons (Fsp3) is 0.250. The Kier molecular flexibility index (Phi) is 2.20. The van der Waals surface area contributed by atoms with Crippen LogP contribution in [0.15, 0.2) is 24.4 Å². The van der Waals surface area contributed by atoms with E-state index in [0.717, 1.165) is 0 Å². The lowest BCUT2D eigenvalue weighted by Gasteiger charge is -2.32. The second kappa shape index (κ2) is 3.02. The van der Waals surface area contributed by atoms with Gasteiger partial charge >= 0.3 is 6.03 Å². The fourth-order valence-corrected chi connectivity index (χ4v) is 1.06. The molecule has 4 N–H and O–H groups in total. The van der Waals surface area contributed by atoms with Crippen LogP contribution in [0.25, 0.3) is 0 Å². The molecule has 13 heavy (non-hydrogen) atoms. The summed E-state index contributed by atoms with van der Waals surface area (Å²) in [5, 5.41) is 4.71. The van der Waals surface area contributed by atoms with Gasteiger partial charge in [-0.2, -0.15) is 0 Å². The molecule has 1 heterocycles. The zero-order valence-electron chi connectivity index (χ0n) is 7.26. The van der Waals surface area contributed by atoms with E-state index in [4.69, 9.17) is 5.73 Å². The molecule has 0 saturated heterocycles. The first-order valence-corrected chi connectivity index (χ1v) is 3.72. The number of hydrogen-bond acceptors (Lipinski definition) is 3. The van der Waals surface area contributed by atoms with Crippen LogP contribution < -0.4 is 16.4 Å². The van der Waals surface area contributed by atoms with Gasteiger partial charge in [0.1, 0.15) is 0 Å². The van der Waals surface area contributed by atoms with Crippen LogP contribution in [0, 0.1) is 0 Å². The molecule has 2 amide bonds. The molecule has 1 aliphatic heterocycles. The van der Waals surface area contributed by atoms with Gasteiger partial charge in [0.05, 0.1) is 0 Å². The second-order valence-electron chi connectivity index (χ2n) is 2.77. The number of ketones is 1. The van der Waals surface area contributed by atoms with Crippen molar-refractivity contribution in [3.05, 3.63) is 24.4 Å². The van der Waals surface area contributed by atoms with Crippen molar-refractivity contribution in [3.63, 3.8) is 0 Å². The van der Waals surface area contributed by atoms with Gasteiger partial charge in [-0.3, -0.25) is 10.5 Å². The minimum Gasteiger partial charge on any atom is -0.314 e. The zero-order valence-corrected chi connectivity index (χ0v) is 7.26. The molecular weight excluding hydrogens is 170 g/mol. The van der Waals surface area contributed by atoms with Crippen molar-refractivity contribution in [2.24, 2.45) is 5.73 Å². The Balaban J connectivity index is 3.12. The fourth-order valence-electron chi connectivity index (χ4n) is 1.06. The van der Waals surface area contributed by atoms with Crippen molar-refractivity contribution in [2.45, 2.75) is 12.6 Å². The van der Waals surface area contributed by atoms with E-state index >= 15 is 0 Å². The first kappa shape index (κ1) is 9.47. The molecule has 0 aromatic carbocycles. The van der Waals surface area contributed by atoms with Crippen LogP contribution in [0.4, 0.5) is 4.79 Å². The number of carbonyl (C=O) groups is 2. The van der Waals surface area contributed by atoms with Crippen molar-refractivity contribution >= 4 is 11.8 Å². The number of urea groups is 1. The molecular formula is C8H11N3O2. The van der Waals surface area contributed by atoms with Gasteiger partial charge in [0.25, 0.3) is 0 Å². The van der Waals surface area contributed by atoms with E-state index in [1.54, 1.807) is 0 Å². The smallest absolute Gasteiger partial charge is 0.314 e. The van der Waals surface area contributed by atoms with Gasteiger partial charge in [0, 0.05) is 11.8 Å². The van der Waals surface area contributed by atoms with Crippen LogP contribution >= 0.6 is 0 Å². The Morgan fingerprint density at radius 2 is 2.38 bits per heavy atom. The lowest BCUT2D eigenvalue weighted by molar-refractivity contribution is -0.121. The normalized spacial score (nSPS) is 26.9. The highest BCUT2D eigenvalue weighted by atomic mass is 16.2. The zero-order chi connectivity index (χ0) is 10.1. The second-order valence-corrected chi connectivity index (χ2v) is 2.77. The van der Waals surface area contributed by atoms with Crippen molar-refractivity contribution in [1.29, 1.82) is 0 Å². The summed E-state index contributed by atoms with van der Waals surface area (Å²) in [5.41, 5.74) is 4.69. The van der Waals surface area contributed by atoms with Crippen LogP contribution in [0.5, 0.6) is 0 Å². The highest BCUT2D eigenvalue weighted by Gasteiger charge is 2.37. The third-order valence-corrected chi connectivity index (χ3v) is 1.90. The average molecular weight is 181 g/mol. The van der Waals surface area contributed by atoms with Gasteiger partial charge in [-0.1, -0.05) is 12.7 Å². The van der Waals surface area contributed by atoms with E-state index in [-0.39, 0.29) is 5.78 Å². The predicted molar refractivity (Wildman–Crippen MR) is 47.5 cm³/mol. The molecule has 0 saturated carbocycles. The topological polar surface area (TPSA) is 84.2 Å². The first-order valence-electron chi connectivity index (χ1n) is 3.72. The number of hydrogen-bond donors (Lipinski definition) is 3. The van der Waals surface area contributed by atoms with Gasteiger partial charge in [-0.25, -0.2) is 4.79 Å².